The van der Waals surface area contributed by atoms with E-state index in [0.717, 1.165) is 78.4 Å². The normalized spacial score (nSPS) is 30.8. The number of pyridine rings is 1. The van der Waals surface area contributed by atoms with Crippen molar-refractivity contribution in [2.75, 3.05) is 49.5 Å². The summed E-state index contributed by atoms with van der Waals surface area (Å²) in [6, 6.07) is 8.38. The zero-order valence-electron chi connectivity index (χ0n) is 20.4. The maximum absolute atomic E-state index is 13.3. The third kappa shape index (κ3) is 4.20. The smallest absolute Gasteiger partial charge is 0.224 e. The lowest BCUT2D eigenvalue weighted by molar-refractivity contribution is -0.124. The Morgan fingerprint density at radius 1 is 1.03 bits per heavy atom. The fourth-order valence-electron chi connectivity index (χ4n) is 8.02. The molecule has 1 aromatic heterocycles. The van der Waals surface area contributed by atoms with Crippen molar-refractivity contribution in [3.63, 3.8) is 0 Å². The number of β-amino-alcohol motifs (C(OH)–C–C–N with tert-alkyl or cyclic N) is 1. The predicted octanol–water partition coefficient (Wildman–Crippen LogP) is 4.20. The van der Waals surface area contributed by atoms with Crippen LogP contribution in [-0.4, -0.2) is 60.2 Å². The first-order valence-electron chi connectivity index (χ1n) is 13.3. The minimum atomic E-state index is 0.182. The molecular weight excluding hydrogens is 424 g/mol. The zero-order chi connectivity index (χ0) is 23.3. The topological polar surface area (TPSA) is 68.7 Å². The molecule has 5 fully saturated rings. The molecule has 4 saturated carbocycles. The number of aliphatic hydroxyl groups excluding tert-OH is 1. The minimum Gasteiger partial charge on any atom is -0.395 e. The van der Waals surface area contributed by atoms with E-state index in [-0.39, 0.29) is 17.9 Å². The second-order valence-corrected chi connectivity index (χ2v) is 11.7. The highest BCUT2D eigenvalue weighted by Crippen LogP contribution is 2.61. The number of hydrogen-bond acceptors (Lipinski definition) is 5. The molecule has 1 aliphatic heterocycles. The molecule has 7 rings (SSSR count). The maximum Gasteiger partial charge on any atom is 0.224 e. The van der Waals surface area contributed by atoms with Crippen LogP contribution in [-0.2, 0) is 4.79 Å². The Kier molecular flexibility index (Phi) is 5.77. The molecule has 2 heterocycles. The van der Waals surface area contributed by atoms with Gasteiger partial charge in [-0.05, 0) is 92.4 Å². The number of aromatic nitrogens is 1. The number of fused-ring (bicyclic) bond motifs is 1. The van der Waals surface area contributed by atoms with E-state index in [1.165, 1.54) is 38.5 Å². The SMILES string of the molecule is Cc1ccc2nc(N3CCN(CCO)CC3)ccc2c1NC(=O)CC12CC3CC(CC(C3)C1)C2. The molecule has 6 nitrogen and oxygen atoms in total. The molecule has 0 spiro atoms. The van der Waals surface area contributed by atoms with Gasteiger partial charge in [-0.25, -0.2) is 4.98 Å². The van der Waals surface area contributed by atoms with Gasteiger partial charge < -0.3 is 15.3 Å². The van der Waals surface area contributed by atoms with Crippen molar-refractivity contribution in [3.05, 3.63) is 29.8 Å². The molecule has 1 aromatic carbocycles. The lowest BCUT2D eigenvalue weighted by Gasteiger charge is -2.56. The summed E-state index contributed by atoms with van der Waals surface area (Å²) in [7, 11) is 0. The van der Waals surface area contributed by atoms with E-state index < -0.39 is 0 Å². The van der Waals surface area contributed by atoms with E-state index in [1.807, 2.05) is 0 Å². The van der Waals surface area contributed by atoms with Gasteiger partial charge in [-0.2, -0.15) is 0 Å². The van der Waals surface area contributed by atoms with Crippen LogP contribution in [0.4, 0.5) is 11.5 Å². The monoisotopic (exact) mass is 462 g/mol. The van der Waals surface area contributed by atoms with Gasteiger partial charge in [0.05, 0.1) is 17.8 Å². The van der Waals surface area contributed by atoms with Crippen LogP contribution >= 0.6 is 0 Å². The number of aryl methyl sites for hydroxylation is 1. The van der Waals surface area contributed by atoms with E-state index in [4.69, 9.17) is 4.98 Å². The molecule has 2 N–H and O–H groups in total. The maximum atomic E-state index is 13.3. The second kappa shape index (κ2) is 8.80. The van der Waals surface area contributed by atoms with Crippen LogP contribution in [0.15, 0.2) is 24.3 Å². The average molecular weight is 463 g/mol. The van der Waals surface area contributed by atoms with Gasteiger partial charge in [-0.15, -0.1) is 0 Å². The Bertz CT molecular complexity index is 1040. The second-order valence-electron chi connectivity index (χ2n) is 11.7. The lowest BCUT2D eigenvalue weighted by Crippen LogP contribution is -2.47. The van der Waals surface area contributed by atoms with Crippen LogP contribution in [0.1, 0.15) is 50.5 Å². The summed E-state index contributed by atoms with van der Waals surface area (Å²) in [4.78, 5) is 22.9. The fourth-order valence-corrected chi connectivity index (χ4v) is 8.02. The number of piperazine rings is 1. The number of aliphatic hydroxyl groups is 1. The van der Waals surface area contributed by atoms with E-state index >= 15 is 0 Å². The number of nitrogens with zero attached hydrogens (tertiary/aromatic N) is 3. The van der Waals surface area contributed by atoms with Crippen LogP contribution in [0.5, 0.6) is 0 Å². The van der Waals surface area contributed by atoms with Gasteiger partial charge in [0.15, 0.2) is 0 Å². The number of nitrogens with one attached hydrogen (secondary N) is 1. The number of rotatable bonds is 6. The summed E-state index contributed by atoms with van der Waals surface area (Å²) in [5.41, 5.74) is 3.21. The number of amides is 1. The van der Waals surface area contributed by atoms with Gasteiger partial charge in [0, 0.05) is 44.5 Å². The number of carbonyl (C=O) groups is 1. The molecule has 1 amide bonds. The summed E-state index contributed by atoms with van der Waals surface area (Å²) >= 11 is 0. The summed E-state index contributed by atoms with van der Waals surface area (Å²) < 4.78 is 0. The van der Waals surface area contributed by atoms with Crippen molar-refractivity contribution in [1.82, 2.24) is 9.88 Å². The molecule has 34 heavy (non-hydrogen) atoms. The number of anilines is 2. The van der Waals surface area contributed by atoms with Crippen molar-refractivity contribution in [2.45, 2.75) is 51.9 Å². The first-order valence-corrected chi connectivity index (χ1v) is 13.3. The number of carbonyl (C=O) groups excluding carboxylic acids is 1. The Morgan fingerprint density at radius 3 is 2.35 bits per heavy atom. The quantitative estimate of drug-likeness (QED) is 0.673. The van der Waals surface area contributed by atoms with Crippen LogP contribution < -0.4 is 10.2 Å². The molecule has 6 heteroatoms. The van der Waals surface area contributed by atoms with Crippen molar-refractivity contribution >= 4 is 28.3 Å². The highest BCUT2D eigenvalue weighted by atomic mass is 16.3. The molecule has 0 unspecified atom stereocenters. The van der Waals surface area contributed by atoms with Crippen LogP contribution in [0.2, 0.25) is 0 Å². The van der Waals surface area contributed by atoms with E-state index in [9.17, 15) is 9.90 Å². The standard InChI is InChI=1S/C28H38N4O2/c1-19-2-4-24-23(3-5-25(29-24)32-8-6-31(7-9-32)10-11-33)27(19)30-26(34)18-28-15-20-12-21(16-28)14-22(13-20)17-28/h2-5,20-22,33H,6-18H2,1H3,(H,30,34). The van der Waals surface area contributed by atoms with E-state index in [2.05, 4.69) is 46.3 Å². The zero-order valence-corrected chi connectivity index (χ0v) is 20.4. The van der Waals surface area contributed by atoms with Crippen molar-refractivity contribution in [2.24, 2.45) is 23.2 Å². The summed E-state index contributed by atoms with van der Waals surface area (Å²) in [6.07, 6.45) is 8.69. The van der Waals surface area contributed by atoms with Gasteiger partial charge in [-0.1, -0.05) is 6.07 Å². The Hall–Kier alpha value is -2.18. The van der Waals surface area contributed by atoms with Crippen LogP contribution in [0, 0.1) is 30.1 Å². The van der Waals surface area contributed by atoms with Gasteiger partial charge >= 0.3 is 0 Å². The minimum absolute atomic E-state index is 0.182. The molecule has 182 valence electrons. The third-order valence-corrected chi connectivity index (χ3v) is 9.14. The molecule has 2 aromatic rings. The van der Waals surface area contributed by atoms with E-state index in [0.29, 0.717) is 6.42 Å². The largest absolute Gasteiger partial charge is 0.395 e. The molecule has 4 bridgehead atoms. The predicted molar refractivity (Wildman–Crippen MR) is 136 cm³/mol. The number of hydrogen-bond donors (Lipinski definition) is 2. The van der Waals surface area contributed by atoms with Crippen LogP contribution in [0.3, 0.4) is 0 Å². The Balaban J connectivity index is 1.18. The first-order chi connectivity index (χ1) is 16.5. The van der Waals surface area contributed by atoms with Crippen molar-refractivity contribution < 1.29 is 9.90 Å². The van der Waals surface area contributed by atoms with Gasteiger partial charge in [0.2, 0.25) is 5.91 Å². The van der Waals surface area contributed by atoms with Crippen LogP contribution in [0.25, 0.3) is 10.9 Å². The molecule has 4 aliphatic carbocycles. The van der Waals surface area contributed by atoms with Crippen molar-refractivity contribution in [3.8, 4) is 0 Å². The molecular formula is C28H38N4O2. The first kappa shape index (κ1) is 22.3. The van der Waals surface area contributed by atoms with Gasteiger partial charge in [-0.3, -0.25) is 9.69 Å². The van der Waals surface area contributed by atoms with Gasteiger partial charge in [0.25, 0.3) is 0 Å². The Labute approximate surface area is 202 Å². The van der Waals surface area contributed by atoms with Gasteiger partial charge in [0.1, 0.15) is 5.82 Å². The third-order valence-electron chi connectivity index (χ3n) is 9.14. The summed E-state index contributed by atoms with van der Waals surface area (Å²) in [5, 5.41) is 13.5. The Morgan fingerprint density at radius 2 is 1.71 bits per heavy atom. The molecule has 0 atom stereocenters. The number of benzene rings is 1. The highest BCUT2D eigenvalue weighted by Gasteiger charge is 2.51. The highest BCUT2D eigenvalue weighted by molar-refractivity contribution is 6.02. The molecule has 1 saturated heterocycles. The summed E-state index contributed by atoms with van der Waals surface area (Å²) in [5.74, 6) is 3.77. The molecule has 0 radical (unpaired) electrons. The summed E-state index contributed by atoms with van der Waals surface area (Å²) in [6.45, 7) is 6.75. The van der Waals surface area contributed by atoms with Crippen molar-refractivity contribution in [1.29, 1.82) is 0 Å². The average Bonchev–Trinajstić information content (AvgIpc) is 2.80. The molecule has 5 aliphatic rings. The fraction of sp³-hybridized carbons (Fsp3) is 0.643. The lowest BCUT2D eigenvalue weighted by atomic mass is 9.49. The van der Waals surface area contributed by atoms with E-state index in [1.54, 1.807) is 0 Å².